The monoisotopic (exact) mass is 258 g/mol. The van der Waals surface area contributed by atoms with E-state index in [1.165, 1.54) is 22.3 Å². The highest BCUT2D eigenvalue weighted by atomic mass is 16.7. The second kappa shape index (κ2) is 6.07. The highest BCUT2D eigenvalue weighted by Crippen LogP contribution is 2.35. The van der Waals surface area contributed by atoms with Crippen LogP contribution in [0, 0.1) is 0 Å². The van der Waals surface area contributed by atoms with Crippen molar-refractivity contribution in [1.82, 2.24) is 0 Å². The van der Waals surface area contributed by atoms with Crippen LogP contribution >= 0.6 is 0 Å². The number of ether oxygens (including phenoxy) is 2. The summed E-state index contributed by atoms with van der Waals surface area (Å²) in [5.41, 5.74) is 5.05. The maximum absolute atomic E-state index is 5.77. The Morgan fingerprint density at radius 1 is 1.37 bits per heavy atom. The van der Waals surface area contributed by atoms with Crippen LogP contribution < -0.4 is 0 Å². The Bertz CT molecular complexity index is 508. The van der Waals surface area contributed by atoms with E-state index in [-0.39, 0.29) is 6.29 Å². The molecule has 102 valence electrons. The first kappa shape index (κ1) is 13.9. The average molecular weight is 258 g/mol. The van der Waals surface area contributed by atoms with E-state index < -0.39 is 0 Å². The maximum Gasteiger partial charge on any atom is 0.203 e. The van der Waals surface area contributed by atoms with Crippen LogP contribution in [-0.4, -0.2) is 12.9 Å². The van der Waals surface area contributed by atoms with Gasteiger partial charge in [-0.15, -0.1) is 0 Å². The summed E-state index contributed by atoms with van der Waals surface area (Å²) in [5, 5.41) is 0. The highest BCUT2D eigenvalue weighted by Gasteiger charge is 2.25. The van der Waals surface area contributed by atoms with Crippen molar-refractivity contribution in [3.8, 4) is 0 Å². The SMILES string of the molecule is CCOC1CC(c2ccccc2C=C(C)C)=C(C)O1. The van der Waals surface area contributed by atoms with Gasteiger partial charge in [-0.1, -0.05) is 35.9 Å². The summed E-state index contributed by atoms with van der Waals surface area (Å²) in [6.45, 7) is 8.93. The molecule has 0 radical (unpaired) electrons. The number of hydrogen-bond acceptors (Lipinski definition) is 2. The summed E-state index contributed by atoms with van der Waals surface area (Å²) < 4.78 is 11.3. The predicted octanol–water partition coefficient (Wildman–Crippen LogP) is 4.62. The smallest absolute Gasteiger partial charge is 0.203 e. The topological polar surface area (TPSA) is 18.5 Å². The Hall–Kier alpha value is -1.54. The Morgan fingerprint density at radius 2 is 2.11 bits per heavy atom. The standard InChI is InChI=1S/C17H22O2/c1-5-18-17-11-16(13(4)19-17)15-9-7-6-8-14(15)10-12(2)3/h6-10,17H,5,11H2,1-4H3. The maximum atomic E-state index is 5.77. The van der Waals surface area contributed by atoms with E-state index in [4.69, 9.17) is 9.47 Å². The van der Waals surface area contributed by atoms with Gasteiger partial charge in [0, 0.05) is 18.6 Å². The van der Waals surface area contributed by atoms with Crippen LogP contribution in [0.1, 0.15) is 45.2 Å². The number of rotatable bonds is 4. The molecule has 0 amide bonds. The minimum atomic E-state index is -0.125. The van der Waals surface area contributed by atoms with Gasteiger partial charge in [0.05, 0.1) is 0 Å². The fourth-order valence-corrected chi connectivity index (χ4v) is 2.41. The van der Waals surface area contributed by atoms with Crippen molar-refractivity contribution in [3.63, 3.8) is 0 Å². The van der Waals surface area contributed by atoms with Gasteiger partial charge in [-0.3, -0.25) is 0 Å². The molecule has 2 heteroatoms. The van der Waals surface area contributed by atoms with Gasteiger partial charge < -0.3 is 9.47 Å². The van der Waals surface area contributed by atoms with E-state index in [0.717, 1.165) is 12.2 Å². The third-order valence-corrected chi connectivity index (χ3v) is 3.19. The number of hydrogen-bond donors (Lipinski definition) is 0. The fraction of sp³-hybridized carbons (Fsp3) is 0.412. The molecule has 1 unspecified atom stereocenters. The van der Waals surface area contributed by atoms with Gasteiger partial charge in [0.1, 0.15) is 5.76 Å². The minimum Gasteiger partial charge on any atom is -0.469 e. The molecule has 0 fully saturated rings. The fourth-order valence-electron chi connectivity index (χ4n) is 2.41. The molecule has 0 saturated heterocycles. The second-order valence-corrected chi connectivity index (χ2v) is 5.05. The molecule has 0 aromatic heterocycles. The predicted molar refractivity (Wildman–Crippen MR) is 79.5 cm³/mol. The lowest BCUT2D eigenvalue weighted by Gasteiger charge is -2.10. The van der Waals surface area contributed by atoms with Crippen molar-refractivity contribution >= 4 is 11.6 Å². The Balaban J connectivity index is 2.32. The van der Waals surface area contributed by atoms with Crippen molar-refractivity contribution in [2.24, 2.45) is 0 Å². The van der Waals surface area contributed by atoms with Crippen LogP contribution in [0.3, 0.4) is 0 Å². The van der Waals surface area contributed by atoms with Crippen molar-refractivity contribution < 1.29 is 9.47 Å². The zero-order valence-corrected chi connectivity index (χ0v) is 12.2. The third kappa shape index (κ3) is 3.27. The molecule has 0 spiro atoms. The summed E-state index contributed by atoms with van der Waals surface area (Å²) in [6, 6.07) is 8.46. The van der Waals surface area contributed by atoms with Crippen LogP contribution in [0.4, 0.5) is 0 Å². The summed E-state index contributed by atoms with van der Waals surface area (Å²) in [6.07, 6.45) is 2.91. The van der Waals surface area contributed by atoms with Gasteiger partial charge in [-0.25, -0.2) is 0 Å². The highest BCUT2D eigenvalue weighted by molar-refractivity contribution is 5.76. The van der Waals surface area contributed by atoms with Crippen molar-refractivity contribution in [2.75, 3.05) is 6.61 Å². The van der Waals surface area contributed by atoms with Crippen molar-refractivity contribution in [2.45, 2.75) is 40.4 Å². The molecule has 19 heavy (non-hydrogen) atoms. The largest absolute Gasteiger partial charge is 0.469 e. The molecule has 0 N–H and O–H groups in total. The Labute approximate surface area is 115 Å². The average Bonchev–Trinajstić information content (AvgIpc) is 2.71. The normalized spacial score (nSPS) is 18.4. The molecule has 0 aliphatic carbocycles. The molecule has 2 nitrogen and oxygen atoms in total. The van der Waals surface area contributed by atoms with E-state index in [2.05, 4.69) is 44.2 Å². The molecular weight excluding hydrogens is 236 g/mol. The molecule has 1 aromatic rings. The van der Waals surface area contributed by atoms with Gasteiger partial charge in [0.15, 0.2) is 0 Å². The van der Waals surface area contributed by atoms with Gasteiger partial charge in [0.2, 0.25) is 6.29 Å². The van der Waals surface area contributed by atoms with Gasteiger partial charge in [0.25, 0.3) is 0 Å². The first-order valence-electron chi connectivity index (χ1n) is 6.84. The number of benzene rings is 1. The van der Waals surface area contributed by atoms with E-state index >= 15 is 0 Å². The Kier molecular flexibility index (Phi) is 4.43. The van der Waals surface area contributed by atoms with Crippen LogP contribution in [0.2, 0.25) is 0 Å². The Morgan fingerprint density at radius 3 is 2.79 bits per heavy atom. The van der Waals surface area contributed by atoms with Crippen LogP contribution in [0.15, 0.2) is 35.6 Å². The first-order valence-corrected chi connectivity index (χ1v) is 6.84. The van der Waals surface area contributed by atoms with Gasteiger partial charge in [-0.05, 0) is 38.8 Å². The van der Waals surface area contributed by atoms with Crippen molar-refractivity contribution in [3.05, 3.63) is 46.7 Å². The quantitative estimate of drug-likeness (QED) is 0.784. The molecule has 0 saturated carbocycles. The summed E-state index contributed by atoms with van der Waals surface area (Å²) in [4.78, 5) is 0. The lowest BCUT2D eigenvalue weighted by molar-refractivity contribution is -0.0951. The first-order chi connectivity index (χ1) is 9.11. The third-order valence-electron chi connectivity index (χ3n) is 3.19. The molecule has 0 bridgehead atoms. The second-order valence-electron chi connectivity index (χ2n) is 5.05. The lowest BCUT2D eigenvalue weighted by Crippen LogP contribution is -2.10. The molecule has 1 aliphatic heterocycles. The van der Waals surface area contributed by atoms with Crippen LogP contribution in [-0.2, 0) is 9.47 Å². The van der Waals surface area contributed by atoms with Crippen LogP contribution in [0.25, 0.3) is 11.6 Å². The summed E-state index contributed by atoms with van der Waals surface area (Å²) >= 11 is 0. The molecule has 1 aliphatic rings. The lowest BCUT2D eigenvalue weighted by atomic mass is 9.96. The van der Waals surface area contributed by atoms with E-state index in [1.807, 2.05) is 13.8 Å². The molecular formula is C17H22O2. The number of allylic oxidation sites excluding steroid dienone is 2. The molecule has 1 atom stereocenters. The summed E-state index contributed by atoms with van der Waals surface area (Å²) in [7, 11) is 0. The summed E-state index contributed by atoms with van der Waals surface area (Å²) in [5.74, 6) is 0.980. The molecule has 2 rings (SSSR count). The van der Waals surface area contributed by atoms with E-state index in [9.17, 15) is 0 Å². The van der Waals surface area contributed by atoms with E-state index in [1.54, 1.807) is 0 Å². The van der Waals surface area contributed by atoms with Crippen LogP contribution in [0.5, 0.6) is 0 Å². The van der Waals surface area contributed by atoms with Crippen molar-refractivity contribution in [1.29, 1.82) is 0 Å². The molecule has 1 aromatic carbocycles. The van der Waals surface area contributed by atoms with Gasteiger partial charge in [-0.2, -0.15) is 0 Å². The zero-order valence-electron chi connectivity index (χ0n) is 12.2. The zero-order chi connectivity index (χ0) is 13.8. The van der Waals surface area contributed by atoms with E-state index in [0.29, 0.717) is 6.61 Å². The van der Waals surface area contributed by atoms with Gasteiger partial charge >= 0.3 is 0 Å². The molecule has 1 heterocycles. The minimum absolute atomic E-state index is 0.125.